The highest BCUT2D eigenvalue weighted by Crippen LogP contribution is 2.16. The van der Waals surface area contributed by atoms with Crippen LogP contribution < -0.4 is 15.4 Å². The zero-order chi connectivity index (χ0) is 18.1. The number of nitrogens with one attached hydrogen (secondary N) is 2. The van der Waals surface area contributed by atoms with Gasteiger partial charge < -0.3 is 20.1 Å². The first-order valence-corrected chi connectivity index (χ1v) is 8.08. The Morgan fingerprint density at radius 2 is 1.88 bits per heavy atom. The van der Waals surface area contributed by atoms with Crippen molar-refractivity contribution < 1.29 is 19.1 Å². The summed E-state index contributed by atoms with van der Waals surface area (Å²) in [4.78, 5) is 24.0. The number of amides is 2. The molecule has 132 valence electrons. The van der Waals surface area contributed by atoms with E-state index in [1.165, 1.54) is 0 Å². The number of hydrogen-bond donors (Lipinski definition) is 2. The molecule has 0 bridgehead atoms. The van der Waals surface area contributed by atoms with E-state index in [2.05, 4.69) is 10.6 Å². The van der Waals surface area contributed by atoms with Gasteiger partial charge in [0.1, 0.15) is 5.75 Å². The minimum absolute atomic E-state index is 0.278. The van der Waals surface area contributed by atoms with Gasteiger partial charge in [0.25, 0.3) is 0 Å². The molecule has 6 nitrogen and oxygen atoms in total. The highest BCUT2D eigenvalue weighted by atomic mass is 16.5. The van der Waals surface area contributed by atoms with Crippen LogP contribution in [0.3, 0.4) is 0 Å². The third-order valence-corrected chi connectivity index (χ3v) is 3.50. The number of benzene rings is 2. The fourth-order valence-electron chi connectivity index (χ4n) is 2.29. The predicted octanol–water partition coefficient (Wildman–Crippen LogP) is 3.24. The number of rotatable bonds is 7. The average Bonchev–Trinajstić information content (AvgIpc) is 2.62. The molecule has 0 atom stereocenters. The molecule has 0 saturated carbocycles. The maximum atomic E-state index is 12.1. The second-order valence-electron chi connectivity index (χ2n) is 5.25. The zero-order valence-corrected chi connectivity index (χ0v) is 14.4. The fraction of sp³-hybridized carbons (Fsp3) is 0.263. The monoisotopic (exact) mass is 342 g/mol. The lowest BCUT2D eigenvalue weighted by molar-refractivity contribution is 0.0527. The van der Waals surface area contributed by atoms with Crippen LogP contribution in [0.4, 0.5) is 10.5 Å². The third-order valence-electron chi connectivity index (χ3n) is 3.50. The SMILES string of the molecule is CCOC(=O)c1ccccc1NC(=O)NCCc1cccc(OC)c1. The summed E-state index contributed by atoms with van der Waals surface area (Å²) in [5.74, 6) is 0.320. The number of urea groups is 1. The number of para-hydroxylation sites is 1. The number of anilines is 1. The molecule has 0 fully saturated rings. The Kier molecular flexibility index (Phi) is 6.83. The van der Waals surface area contributed by atoms with E-state index in [4.69, 9.17) is 9.47 Å². The molecule has 2 amide bonds. The van der Waals surface area contributed by atoms with Gasteiger partial charge in [-0.3, -0.25) is 0 Å². The van der Waals surface area contributed by atoms with Gasteiger partial charge in [0.05, 0.1) is 25.0 Å². The van der Waals surface area contributed by atoms with Gasteiger partial charge in [-0.2, -0.15) is 0 Å². The minimum atomic E-state index is -0.463. The number of carbonyl (C=O) groups excluding carboxylic acids is 2. The van der Waals surface area contributed by atoms with Gasteiger partial charge in [-0.1, -0.05) is 24.3 Å². The van der Waals surface area contributed by atoms with Crippen LogP contribution in [-0.2, 0) is 11.2 Å². The third kappa shape index (κ3) is 5.53. The first-order chi connectivity index (χ1) is 12.1. The van der Waals surface area contributed by atoms with Gasteiger partial charge in [0.15, 0.2) is 0 Å². The Morgan fingerprint density at radius 1 is 1.08 bits per heavy atom. The molecule has 0 heterocycles. The van der Waals surface area contributed by atoms with E-state index in [-0.39, 0.29) is 12.6 Å². The molecule has 2 rings (SSSR count). The highest BCUT2D eigenvalue weighted by molar-refractivity contribution is 6.00. The second-order valence-corrected chi connectivity index (χ2v) is 5.25. The molecule has 0 radical (unpaired) electrons. The van der Waals surface area contributed by atoms with Crippen LogP contribution >= 0.6 is 0 Å². The van der Waals surface area contributed by atoms with Crippen molar-refractivity contribution in [2.75, 3.05) is 25.6 Å². The maximum absolute atomic E-state index is 12.1. The van der Waals surface area contributed by atoms with Crippen molar-refractivity contribution >= 4 is 17.7 Å². The van der Waals surface area contributed by atoms with Crippen molar-refractivity contribution in [2.45, 2.75) is 13.3 Å². The predicted molar refractivity (Wildman–Crippen MR) is 96.1 cm³/mol. The molecule has 0 saturated heterocycles. The summed E-state index contributed by atoms with van der Waals surface area (Å²) in [6, 6.07) is 14.0. The topological polar surface area (TPSA) is 76.7 Å². The quantitative estimate of drug-likeness (QED) is 0.758. The van der Waals surface area contributed by atoms with E-state index >= 15 is 0 Å². The summed E-state index contributed by atoms with van der Waals surface area (Å²) in [5.41, 5.74) is 1.80. The molecule has 0 spiro atoms. The van der Waals surface area contributed by atoms with Crippen molar-refractivity contribution in [3.63, 3.8) is 0 Å². The lowest BCUT2D eigenvalue weighted by Crippen LogP contribution is -2.31. The van der Waals surface area contributed by atoms with Gasteiger partial charge in [-0.25, -0.2) is 9.59 Å². The molecule has 0 aliphatic carbocycles. The number of hydrogen-bond acceptors (Lipinski definition) is 4. The van der Waals surface area contributed by atoms with E-state index in [0.29, 0.717) is 24.2 Å². The standard InChI is InChI=1S/C19H22N2O4/c1-3-25-18(22)16-9-4-5-10-17(16)21-19(23)20-12-11-14-7-6-8-15(13-14)24-2/h4-10,13H,3,11-12H2,1-2H3,(H2,20,21,23). The van der Waals surface area contributed by atoms with Crippen LogP contribution in [0, 0.1) is 0 Å². The molecule has 2 aromatic carbocycles. The largest absolute Gasteiger partial charge is 0.497 e. The molecule has 2 N–H and O–H groups in total. The maximum Gasteiger partial charge on any atom is 0.340 e. The van der Waals surface area contributed by atoms with E-state index in [1.807, 2.05) is 24.3 Å². The van der Waals surface area contributed by atoms with Crippen molar-refractivity contribution in [1.29, 1.82) is 0 Å². The summed E-state index contributed by atoms with van der Waals surface area (Å²) in [6.07, 6.45) is 0.671. The summed E-state index contributed by atoms with van der Waals surface area (Å²) in [7, 11) is 1.62. The molecule has 0 aromatic heterocycles. The molecular formula is C19H22N2O4. The molecule has 0 aliphatic heterocycles. The number of carbonyl (C=O) groups is 2. The van der Waals surface area contributed by atoms with Crippen molar-refractivity contribution in [2.24, 2.45) is 0 Å². The van der Waals surface area contributed by atoms with Gasteiger partial charge in [-0.05, 0) is 43.2 Å². The Bertz CT molecular complexity index is 731. The average molecular weight is 342 g/mol. The van der Waals surface area contributed by atoms with Gasteiger partial charge in [0.2, 0.25) is 0 Å². The molecule has 6 heteroatoms. The van der Waals surface area contributed by atoms with Crippen molar-refractivity contribution in [3.8, 4) is 5.75 Å². The van der Waals surface area contributed by atoms with Gasteiger partial charge in [-0.15, -0.1) is 0 Å². The molecule has 0 unspecified atom stereocenters. The molecule has 0 aliphatic rings. The Labute approximate surface area is 147 Å². The number of ether oxygens (including phenoxy) is 2. The normalized spacial score (nSPS) is 10.0. The summed E-state index contributed by atoms with van der Waals surface area (Å²) >= 11 is 0. The molecular weight excluding hydrogens is 320 g/mol. The van der Waals surface area contributed by atoms with Crippen LogP contribution in [0.15, 0.2) is 48.5 Å². The van der Waals surface area contributed by atoms with Crippen molar-refractivity contribution in [3.05, 3.63) is 59.7 Å². The Hall–Kier alpha value is -3.02. The number of esters is 1. The van der Waals surface area contributed by atoms with E-state index < -0.39 is 5.97 Å². The lowest BCUT2D eigenvalue weighted by atomic mass is 10.1. The zero-order valence-electron chi connectivity index (χ0n) is 14.4. The van der Waals surface area contributed by atoms with E-state index in [9.17, 15) is 9.59 Å². The highest BCUT2D eigenvalue weighted by Gasteiger charge is 2.13. The minimum Gasteiger partial charge on any atom is -0.497 e. The van der Waals surface area contributed by atoms with Crippen LogP contribution in [0.2, 0.25) is 0 Å². The van der Waals surface area contributed by atoms with Gasteiger partial charge >= 0.3 is 12.0 Å². The summed E-state index contributed by atoms with van der Waals surface area (Å²) in [6.45, 7) is 2.47. The van der Waals surface area contributed by atoms with Crippen LogP contribution in [-0.4, -0.2) is 32.3 Å². The number of methoxy groups -OCH3 is 1. The smallest absolute Gasteiger partial charge is 0.340 e. The van der Waals surface area contributed by atoms with Crippen LogP contribution in [0.25, 0.3) is 0 Å². The first kappa shape index (κ1) is 18.3. The van der Waals surface area contributed by atoms with Crippen molar-refractivity contribution in [1.82, 2.24) is 5.32 Å². The van der Waals surface area contributed by atoms with E-state index in [0.717, 1.165) is 11.3 Å². The van der Waals surface area contributed by atoms with Crippen LogP contribution in [0.1, 0.15) is 22.8 Å². The lowest BCUT2D eigenvalue weighted by Gasteiger charge is -2.11. The summed E-state index contributed by atoms with van der Waals surface area (Å²) < 4.78 is 10.2. The molecule has 2 aromatic rings. The first-order valence-electron chi connectivity index (χ1n) is 8.08. The van der Waals surface area contributed by atoms with Gasteiger partial charge in [0, 0.05) is 6.54 Å². The second kappa shape index (κ2) is 9.32. The van der Waals surface area contributed by atoms with Crippen LogP contribution in [0.5, 0.6) is 5.75 Å². The molecule has 25 heavy (non-hydrogen) atoms. The summed E-state index contributed by atoms with van der Waals surface area (Å²) in [5, 5.41) is 5.46. The fourth-order valence-corrected chi connectivity index (χ4v) is 2.29. The van der Waals surface area contributed by atoms with E-state index in [1.54, 1.807) is 38.3 Å². The Balaban J connectivity index is 1.89. The Morgan fingerprint density at radius 3 is 2.64 bits per heavy atom.